The second-order valence-electron chi connectivity index (χ2n) is 7.50. The Balaban J connectivity index is 1.41. The average molecular weight is 390 g/mol. The van der Waals surface area contributed by atoms with Gasteiger partial charge in [-0.3, -0.25) is 9.59 Å². The van der Waals surface area contributed by atoms with Crippen molar-refractivity contribution in [3.8, 4) is 0 Å². The van der Waals surface area contributed by atoms with E-state index in [1.54, 1.807) is 6.33 Å². The predicted octanol–water partition coefficient (Wildman–Crippen LogP) is 3.43. The van der Waals surface area contributed by atoms with Gasteiger partial charge in [0, 0.05) is 31.7 Å². The number of amides is 2. The molecule has 2 aromatic carbocycles. The van der Waals surface area contributed by atoms with Crippen molar-refractivity contribution >= 4 is 22.8 Å². The van der Waals surface area contributed by atoms with Crippen LogP contribution in [0.15, 0.2) is 54.9 Å². The molecule has 2 heterocycles. The average Bonchev–Trinajstić information content (AvgIpc) is 3.25. The standard InChI is InChI=1S/C23H26N4O2/c1-2-6-19(17-7-4-3-5-8-17)23(29)27-13-11-26(12-14-27)22(28)18-9-10-20-21(15-18)25-16-24-20/h3-5,7-10,15-16,19H,2,6,11-14H2,1H3,(H,24,25). The zero-order valence-corrected chi connectivity index (χ0v) is 16.7. The van der Waals surface area contributed by atoms with Crippen molar-refractivity contribution in [2.75, 3.05) is 26.2 Å². The lowest BCUT2D eigenvalue weighted by molar-refractivity contribution is -0.134. The van der Waals surface area contributed by atoms with Gasteiger partial charge in [-0.1, -0.05) is 43.7 Å². The quantitative estimate of drug-likeness (QED) is 0.726. The first-order chi connectivity index (χ1) is 14.2. The molecule has 2 amide bonds. The molecule has 6 heteroatoms. The minimum Gasteiger partial charge on any atom is -0.345 e. The Morgan fingerprint density at radius 1 is 1.03 bits per heavy atom. The van der Waals surface area contributed by atoms with E-state index in [9.17, 15) is 9.59 Å². The molecule has 1 unspecified atom stereocenters. The van der Waals surface area contributed by atoms with Crippen molar-refractivity contribution in [3.63, 3.8) is 0 Å². The van der Waals surface area contributed by atoms with Crippen molar-refractivity contribution in [1.82, 2.24) is 19.8 Å². The maximum atomic E-state index is 13.2. The molecular formula is C23H26N4O2. The maximum Gasteiger partial charge on any atom is 0.254 e. The van der Waals surface area contributed by atoms with E-state index in [-0.39, 0.29) is 17.7 Å². The predicted molar refractivity (Wildman–Crippen MR) is 113 cm³/mol. The van der Waals surface area contributed by atoms with Gasteiger partial charge >= 0.3 is 0 Å². The Kier molecular flexibility index (Phi) is 5.60. The molecule has 1 fully saturated rings. The number of fused-ring (bicyclic) bond motifs is 1. The van der Waals surface area contributed by atoms with E-state index in [1.807, 2.05) is 58.3 Å². The first-order valence-corrected chi connectivity index (χ1v) is 10.2. The third-order valence-electron chi connectivity index (χ3n) is 5.62. The molecule has 150 valence electrons. The summed E-state index contributed by atoms with van der Waals surface area (Å²) in [4.78, 5) is 37.0. The Labute approximate surface area is 170 Å². The van der Waals surface area contributed by atoms with Crippen LogP contribution < -0.4 is 0 Å². The molecular weight excluding hydrogens is 364 g/mol. The highest BCUT2D eigenvalue weighted by Crippen LogP contribution is 2.25. The zero-order chi connectivity index (χ0) is 20.2. The number of rotatable bonds is 5. The number of carbonyl (C=O) groups excluding carboxylic acids is 2. The minimum atomic E-state index is -0.105. The van der Waals surface area contributed by atoms with E-state index in [1.165, 1.54) is 0 Å². The largest absolute Gasteiger partial charge is 0.345 e. The van der Waals surface area contributed by atoms with Gasteiger partial charge in [0.2, 0.25) is 5.91 Å². The van der Waals surface area contributed by atoms with E-state index < -0.39 is 0 Å². The van der Waals surface area contributed by atoms with Gasteiger partial charge < -0.3 is 14.8 Å². The van der Waals surface area contributed by atoms with Crippen molar-refractivity contribution in [3.05, 3.63) is 66.0 Å². The highest BCUT2D eigenvalue weighted by molar-refractivity contribution is 5.97. The number of benzene rings is 2. The SMILES string of the molecule is CCCC(C(=O)N1CCN(C(=O)c2ccc3nc[nH]c3c2)CC1)c1ccccc1. The Hall–Kier alpha value is -3.15. The second kappa shape index (κ2) is 8.47. The van der Waals surface area contributed by atoms with Crippen LogP contribution in [-0.4, -0.2) is 57.8 Å². The van der Waals surface area contributed by atoms with Crippen molar-refractivity contribution in [1.29, 1.82) is 0 Å². The number of piperazine rings is 1. The van der Waals surface area contributed by atoms with Gasteiger partial charge in [0.05, 0.1) is 23.3 Å². The lowest BCUT2D eigenvalue weighted by Crippen LogP contribution is -2.51. The summed E-state index contributed by atoms with van der Waals surface area (Å²) in [6.07, 6.45) is 3.43. The van der Waals surface area contributed by atoms with E-state index in [2.05, 4.69) is 16.9 Å². The number of aromatic amines is 1. The van der Waals surface area contributed by atoms with Gasteiger partial charge in [-0.05, 0) is 30.2 Å². The molecule has 0 saturated carbocycles. The highest BCUT2D eigenvalue weighted by Gasteiger charge is 2.29. The van der Waals surface area contributed by atoms with Crippen LogP contribution in [0.2, 0.25) is 0 Å². The third-order valence-corrected chi connectivity index (χ3v) is 5.62. The molecule has 0 aliphatic carbocycles. The minimum absolute atomic E-state index is 0.00164. The van der Waals surface area contributed by atoms with Crippen LogP contribution in [0.25, 0.3) is 11.0 Å². The monoisotopic (exact) mass is 390 g/mol. The van der Waals surface area contributed by atoms with Crippen LogP contribution in [0, 0.1) is 0 Å². The number of carbonyl (C=O) groups is 2. The summed E-state index contributed by atoms with van der Waals surface area (Å²) in [5, 5.41) is 0. The summed E-state index contributed by atoms with van der Waals surface area (Å²) in [5.41, 5.74) is 3.43. The molecule has 6 nitrogen and oxygen atoms in total. The Morgan fingerprint density at radius 3 is 2.48 bits per heavy atom. The van der Waals surface area contributed by atoms with Gasteiger partial charge in [0.25, 0.3) is 5.91 Å². The first-order valence-electron chi connectivity index (χ1n) is 10.2. The van der Waals surface area contributed by atoms with Gasteiger partial charge in [-0.25, -0.2) is 4.98 Å². The molecule has 1 aromatic heterocycles. The van der Waals surface area contributed by atoms with Crippen LogP contribution in [0.5, 0.6) is 0 Å². The Morgan fingerprint density at radius 2 is 1.76 bits per heavy atom. The summed E-state index contributed by atoms with van der Waals surface area (Å²) >= 11 is 0. The highest BCUT2D eigenvalue weighted by atomic mass is 16.2. The summed E-state index contributed by atoms with van der Waals surface area (Å²) in [7, 11) is 0. The van der Waals surface area contributed by atoms with Crippen LogP contribution in [0.3, 0.4) is 0 Å². The molecule has 3 aromatic rings. The first kappa shape index (κ1) is 19.2. The normalized spacial score (nSPS) is 15.5. The summed E-state index contributed by atoms with van der Waals surface area (Å²) in [6.45, 7) is 4.36. The number of nitrogens with one attached hydrogen (secondary N) is 1. The third kappa shape index (κ3) is 4.01. The number of imidazole rings is 1. The second-order valence-corrected chi connectivity index (χ2v) is 7.50. The van der Waals surface area contributed by atoms with Crippen molar-refractivity contribution in [2.24, 2.45) is 0 Å². The summed E-state index contributed by atoms with van der Waals surface area (Å²) < 4.78 is 0. The molecule has 1 aliphatic rings. The Bertz CT molecular complexity index is 990. The van der Waals surface area contributed by atoms with Crippen LogP contribution in [0.4, 0.5) is 0 Å². The number of aromatic nitrogens is 2. The molecule has 1 atom stereocenters. The fourth-order valence-corrected chi connectivity index (χ4v) is 4.01. The fraction of sp³-hybridized carbons (Fsp3) is 0.348. The van der Waals surface area contributed by atoms with Gasteiger partial charge in [0.1, 0.15) is 0 Å². The molecule has 29 heavy (non-hydrogen) atoms. The molecule has 1 saturated heterocycles. The number of H-pyrrole nitrogens is 1. The molecule has 1 aliphatic heterocycles. The molecule has 4 rings (SSSR count). The van der Waals surface area contributed by atoms with Gasteiger partial charge in [0.15, 0.2) is 0 Å². The maximum absolute atomic E-state index is 13.2. The van der Waals surface area contributed by atoms with E-state index in [0.29, 0.717) is 31.7 Å². The van der Waals surface area contributed by atoms with Crippen LogP contribution in [-0.2, 0) is 4.79 Å². The van der Waals surface area contributed by atoms with E-state index in [0.717, 1.165) is 29.4 Å². The van der Waals surface area contributed by atoms with Crippen molar-refractivity contribution < 1.29 is 9.59 Å². The van der Waals surface area contributed by atoms with Crippen LogP contribution >= 0.6 is 0 Å². The zero-order valence-electron chi connectivity index (χ0n) is 16.7. The van der Waals surface area contributed by atoms with E-state index >= 15 is 0 Å². The topological polar surface area (TPSA) is 69.3 Å². The molecule has 0 bridgehead atoms. The van der Waals surface area contributed by atoms with Crippen LogP contribution in [0.1, 0.15) is 41.6 Å². The lowest BCUT2D eigenvalue weighted by atomic mass is 9.93. The smallest absolute Gasteiger partial charge is 0.254 e. The molecule has 0 spiro atoms. The van der Waals surface area contributed by atoms with E-state index in [4.69, 9.17) is 0 Å². The number of hydrogen-bond donors (Lipinski definition) is 1. The van der Waals surface area contributed by atoms with Gasteiger partial charge in [-0.15, -0.1) is 0 Å². The number of hydrogen-bond acceptors (Lipinski definition) is 3. The van der Waals surface area contributed by atoms with Gasteiger partial charge in [-0.2, -0.15) is 0 Å². The lowest BCUT2D eigenvalue weighted by Gasteiger charge is -2.36. The fourth-order valence-electron chi connectivity index (χ4n) is 4.01. The molecule has 0 radical (unpaired) electrons. The summed E-state index contributed by atoms with van der Waals surface area (Å²) in [6, 6.07) is 15.5. The van der Waals surface area contributed by atoms with Crippen molar-refractivity contribution in [2.45, 2.75) is 25.7 Å². The number of nitrogens with zero attached hydrogens (tertiary/aromatic N) is 3. The molecule has 1 N–H and O–H groups in total. The summed E-state index contributed by atoms with van der Waals surface area (Å²) in [5.74, 6) is 0.0667.